The normalized spacial score (nSPS) is 11.5. The van der Waals surface area contributed by atoms with Gasteiger partial charge in [0.1, 0.15) is 22.7 Å². The summed E-state index contributed by atoms with van der Waals surface area (Å²) in [6, 6.07) is 15.2. The summed E-state index contributed by atoms with van der Waals surface area (Å²) in [5, 5.41) is 9.58. The number of benzene rings is 2. The zero-order chi connectivity index (χ0) is 23.8. The lowest BCUT2D eigenvalue weighted by Crippen LogP contribution is -2.17. The first-order chi connectivity index (χ1) is 16.4. The molecular weight excluding hydrogens is 453 g/mol. The molecule has 0 bridgehead atoms. The number of nitrogens with zero attached hydrogens (tertiary/aromatic N) is 5. The molecule has 3 heterocycles. The van der Waals surface area contributed by atoms with Gasteiger partial charge in [0.05, 0.1) is 28.5 Å². The number of thiophene rings is 1. The van der Waals surface area contributed by atoms with Gasteiger partial charge in [-0.05, 0) is 62.7 Å². The second kappa shape index (κ2) is 8.68. The van der Waals surface area contributed by atoms with Gasteiger partial charge in [0.15, 0.2) is 0 Å². The number of aromatic nitrogens is 4. The van der Waals surface area contributed by atoms with E-state index in [1.165, 1.54) is 52.8 Å². The molecule has 3 aromatic heterocycles. The van der Waals surface area contributed by atoms with Gasteiger partial charge in [0.25, 0.3) is 5.56 Å². The molecule has 7 nitrogen and oxygen atoms in total. The van der Waals surface area contributed by atoms with Crippen LogP contribution >= 0.6 is 11.3 Å². The molecule has 2 aromatic carbocycles. The van der Waals surface area contributed by atoms with Crippen molar-refractivity contribution in [2.24, 2.45) is 5.10 Å². The third-order valence-corrected chi connectivity index (χ3v) is 6.59. The molecule has 0 fully saturated rings. The average Bonchev–Trinajstić information content (AvgIpc) is 3.31. The van der Waals surface area contributed by atoms with E-state index >= 15 is 0 Å². The number of rotatable bonds is 5. The van der Waals surface area contributed by atoms with Crippen LogP contribution in [-0.4, -0.2) is 25.7 Å². The van der Waals surface area contributed by atoms with Gasteiger partial charge < -0.3 is 4.74 Å². The van der Waals surface area contributed by atoms with Crippen LogP contribution in [-0.2, 0) is 0 Å². The summed E-state index contributed by atoms with van der Waals surface area (Å²) in [6.07, 6.45) is 2.94. The van der Waals surface area contributed by atoms with Crippen LogP contribution in [0.1, 0.15) is 21.7 Å². The van der Waals surface area contributed by atoms with Crippen LogP contribution in [0, 0.1) is 26.6 Å². The lowest BCUT2D eigenvalue weighted by atomic mass is 10.2. The number of fused-ring (bicyclic) bond motifs is 1. The van der Waals surface area contributed by atoms with Gasteiger partial charge in [0.2, 0.25) is 5.88 Å². The fourth-order valence-corrected chi connectivity index (χ4v) is 4.54. The summed E-state index contributed by atoms with van der Waals surface area (Å²) < 4.78 is 22.4. The summed E-state index contributed by atoms with van der Waals surface area (Å²) >= 11 is 1.49. The van der Waals surface area contributed by atoms with Crippen molar-refractivity contribution in [3.8, 4) is 17.3 Å². The minimum Gasteiger partial charge on any atom is -0.438 e. The van der Waals surface area contributed by atoms with Gasteiger partial charge in [-0.15, -0.1) is 11.3 Å². The van der Waals surface area contributed by atoms with Crippen molar-refractivity contribution in [2.45, 2.75) is 20.8 Å². The van der Waals surface area contributed by atoms with Crippen molar-refractivity contribution in [1.82, 2.24) is 19.4 Å². The first-order valence-electron chi connectivity index (χ1n) is 10.5. The van der Waals surface area contributed by atoms with Crippen LogP contribution in [0.2, 0.25) is 0 Å². The van der Waals surface area contributed by atoms with E-state index in [-0.39, 0.29) is 11.4 Å². The zero-order valence-corrected chi connectivity index (χ0v) is 19.5. The molecule has 0 N–H and O–H groups in total. The fourth-order valence-electron chi connectivity index (χ4n) is 3.55. The van der Waals surface area contributed by atoms with E-state index in [1.54, 1.807) is 4.68 Å². The van der Waals surface area contributed by atoms with Gasteiger partial charge in [-0.1, -0.05) is 18.2 Å². The molecule has 0 atom stereocenters. The first kappa shape index (κ1) is 21.7. The van der Waals surface area contributed by atoms with Gasteiger partial charge in [-0.3, -0.25) is 4.79 Å². The highest BCUT2D eigenvalue weighted by molar-refractivity contribution is 7.18. The van der Waals surface area contributed by atoms with Crippen LogP contribution in [0.15, 0.2) is 70.8 Å². The monoisotopic (exact) mass is 473 g/mol. The molecule has 0 saturated carbocycles. The third kappa shape index (κ3) is 3.90. The van der Waals surface area contributed by atoms with Crippen LogP contribution in [0.4, 0.5) is 4.39 Å². The first-order valence-corrected chi connectivity index (χ1v) is 11.3. The number of ether oxygens (including phenoxy) is 1. The van der Waals surface area contributed by atoms with Crippen LogP contribution in [0.3, 0.4) is 0 Å². The van der Waals surface area contributed by atoms with Crippen LogP contribution < -0.4 is 10.3 Å². The Kier molecular flexibility index (Phi) is 5.54. The van der Waals surface area contributed by atoms with E-state index < -0.39 is 0 Å². The Hall–Kier alpha value is -4.11. The Labute approximate surface area is 198 Å². The minimum absolute atomic E-state index is 0.239. The molecule has 0 aliphatic heterocycles. The summed E-state index contributed by atoms with van der Waals surface area (Å²) in [4.78, 5) is 19.2. The molecule has 5 aromatic rings. The van der Waals surface area contributed by atoms with Crippen LogP contribution in [0.25, 0.3) is 15.9 Å². The second-order valence-corrected chi connectivity index (χ2v) is 8.91. The molecular formula is C25H20FN5O2S. The summed E-state index contributed by atoms with van der Waals surface area (Å²) in [6.45, 7) is 5.71. The zero-order valence-electron chi connectivity index (χ0n) is 18.7. The van der Waals surface area contributed by atoms with E-state index in [0.717, 1.165) is 16.1 Å². The van der Waals surface area contributed by atoms with Gasteiger partial charge in [0, 0.05) is 4.88 Å². The summed E-state index contributed by atoms with van der Waals surface area (Å²) in [7, 11) is 0. The number of halogens is 1. The Balaban J connectivity index is 1.62. The number of hydrogen-bond donors (Lipinski definition) is 0. The number of aryl methyl sites for hydroxylation is 3. The van der Waals surface area contributed by atoms with Gasteiger partial charge in [-0.25, -0.2) is 9.37 Å². The molecule has 0 saturated heterocycles. The predicted octanol–water partition coefficient (Wildman–Crippen LogP) is 5.38. The van der Waals surface area contributed by atoms with Crippen molar-refractivity contribution in [3.63, 3.8) is 0 Å². The Bertz CT molecular complexity index is 1580. The van der Waals surface area contributed by atoms with Crippen molar-refractivity contribution >= 4 is 27.8 Å². The molecule has 9 heteroatoms. The van der Waals surface area contributed by atoms with E-state index in [1.807, 2.05) is 51.1 Å². The maximum Gasteiger partial charge on any atom is 0.282 e. The van der Waals surface area contributed by atoms with Gasteiger partial charge in [-0.2, -0.15) is 19.6 Å². The van der Waals surface area contributed by atoms with Crippen LogP contribution in [0.5, 0.6) is 11.6 Å². The van der Waals surface area contributed by atoms with E-state index in [2.05, 4.69) is 15.2 Å². The third-order valence-electron chi connectivity index (χ3n) is 5.48. The summed E-state index contributed by atoms with van der Waals surface area (Å²) in [5.74, 6) is 0.476. The van der Waals surface area contributed by atoms with E-state index in [4.69, 9.17) is 4.74 Å². The molecule has 0 aliphatic carbocycles. The molecule has 0 amide bonds. The highest BCUT2D eigenvalue weighted by Crippen LogP contribution is 2.30. The summed E-state index contributed by atoms with van der Waals surface area (Å²) in [5.41, 5.74) is 2.69. The quantitative estimate of drug-likeness (QED) is 0.321. The molecule has 0 unspecified atom stereocenters. The number of para-hydroxylation sites is 1. The van der Waals surface area contributed by atoms with Gasteiger partial charge >= 0.3 is 0 Å². The SMILES string of the molecule is Cc1nn(-c2ccccc2)c(Oc2ccc(F)cc2)c1/C=N\n1cnc2sc(C)c(C)c2c1=O. The largest absolute Gasteiger partial charge is 0.438 e. The molecule has 170 valence electrons. The molecule has 0 spiro atoms. The van der Waals surface area contributed by atoms with Crippen molar-refractivity contribution in [3.05, 3.63) is 98.8 Å². The topological polar surface area (TPSA) is 74.3 Å². The van der Waals surface area contributed by atoms with Crippen molar-refractivity contribution in [1.29, 1.82) is 0 Å². The highest BCUT2D eigenvalue weighted by Gasteiger charge is 2.18. The maximum absolute atomic E-state index is 13.4. The Morgan fingerprint density at radius 2 is 1.79 bits per heavy atom. The standard InChI is InChI=1S/C25H20FN5O2S/c1-15-17(3)34-23-22(15)24(32)30(14-27-23)28-13-21-16(2)29-31(19-7-5-4-6-8-19)25(21)33-20-11-9-18(26)10-12-20/h4-14H,1-3H3/b28-13-. The lowest BCUT2D eigenvalue weighted by molar-refractivity contribution is 0.442. The Morgan fingerprint density at radius 1 is 1.06 bits per heavy atom. The Morgan fingerprint density at radius 3 is 2.53 bits per heavy atom. The van der Waals surface area contributed by atoms with E-state index in [9.17, 15) is 9.18 Å². The van der Waals surface area contributed by atoms with E-state index in [0.29, 0.717) is 33.1 Å². The molecule has 0 radical (unpaired) electrons. The smallest absolute Gasteiger partial charge is 0.282 e. The predicted molar refractivity (Wildman–Crippen MR) is 131 cm³/mol. The second-order valence-electron chi connectivity index (χ2n) is 7.71. The maximum atomic E-state index is 13.4. The van der Waals surface area contributed by atoms with Crippen molar-refractivity contribution in [2.75, 3.05) is 0 Å². The average molecular weight is 474 g/mol. The number of hydrogen-bond acceptors (Lipinski definition) is 6. The molecule has 5 rings (SSSR count). The minimum atomic E-state index is -0.358. The lowest BCUT2D eigenvalue weighted by Gasteiger charge is -2.10. The highest BCUT2D eigenvalue weighted by atomic mass is 32.1. The molecule has 34 heavy (non-hydrogen) atoms. The fraction of sp³-hybridized carbons (Fsp3) is 0.120. The van der Waals surface area contributed by atoms with Crippen molar-refractivity contribution < 1.29 is 9.13 Å². The molecule has 0 aliphatic rings.